The largest absolute Gasteiger partial charge is 0.383 e. The molecule has 2 rings (SSSR count). The van der Waals surface area contributed by atoms with Gasteiger partial charge in [-0.15, -0.1) is 0 Å². The highest BCUT2D eigenvalue weighted by atomic mass is 16.5. The van der Waals surface area contributed by atoms with E-state index in [4.69, 9.17) is 4.74 Å². The van der Waals surface area contributed by atoms with Gasteiger partial charge < -0.3 is 10.1 Å². The highest BCUT2D eigenvalue weighted by Crippen LogP contribution is 2.19. The van der Waals surface area contributed by atoms with E-state index in [1.165, 1.54) is 6.20 Å². The van der Waals surface area contributed by atoms with Gasteiger partial charge in [-0.2, -0.15) is 10.4 Å². The van der Waals surface area contributed by atoms with Gasteiger partial charge in [-0.1, -0.05) is 18.2 Å². The third-order valence-electron chi connectivity index (χ3n) is 3.70. The molecule has 1 aromatic carbocycles. The minimum atomic E-state index is -0.213. The van der Waals surface area contributed by atoms with Crippen LogP contribution in [0.1, 0.15) is 12.5 Å². The van der Waals surface area contributed by atoms with E-state index < -0.39 is 0 Å². The number of hydrogen-bond donors (Lipinski definition) is 1. The number of nitrogens with one attached hydrogen (secondary N) is 1. The lowest BCUT2D eigenvalue weighted by Gasteiger charge is -2.23. The third-order valence-corrected chi connectivity index (χ3v) is 3.70. The van der Waals surface area contributed by atoms with Gasteiger partial charge in [-0.25, -0.2) is 4.68 Å². The van der Waals surface area contributed by atoms with E-state index in [1.807, 2.05) is 49.2 Å². The smallest absolute Gasteiger partial charge is 0.239 e. The van der Waals surface area contributed by atoms with Crippen LogP contribution in [-0.4, -0.2) is 53.9 Å². The molecule has 7 nitrogen and oxygen atoms in total. The zero-order chi connectivity index (χ0) is 17.5. The van der Waals surface area contributed by atoms with Crippen molar-refractivity contribution in [3.63, 3.8) is 0 Å². The number of carbonyl (C=O) groups excluding carboxylic acids is 1. The lowest BCUT2D eigenvalue weighted by atomic mass is 10.3. The van der Waals surface area contributed by atoms with Crippen molar-refractivity contribution in [1.29, 1.82) is 5.26 Å². The van der Waals surface area contributed by atoms with Crippen molar-refractivity contribution in [2.75, 3.05) is 32.6 Å². The Labute approximate surface area is 141 Å². The van der Waals surface area contributed by atoms with Crippen molar-refractivity contribution in [1.82, 2.24) is 14.7 Å². The average Bonchev–Trinajstić information content (AvgIpc) is 2.98. The number of amides is 1. The van der Waals surface area contributed by atoms with Crippen LogP contribution in [0.5, 0.6) is 0 Å². The molecule has 2 aromatic rings. The van der Waals surface area contributed by atoms with Crippen molar-refractivity contribution >= 4 is 11.7 Å². The Hall–Kier alpha value is -2.69. The lowest BCUT2D eigenvalue weighted by molar-refractivity contribution is -0.117. The predicted molar refractivity (Wildman–Crippen MR) is 90.9 cm³/mol. The molecule has 0 radical (unpaired) electrons. The van der Waals surface area contributed by atoms with Crippen LogP contribution in [0.15, 0.2) is 36.5 Å². The molecule has 0 saturated heterocycles. The van der Waals surface area contributed by atoms with Gasteiger partial charge >= 0.3 is 0 Å². The van der Waals surface area contributed by atoms with Crippen LogP contribution < -0.4 is 5.32 Å². The summed E-state index contributed by atoms with van der Waals surface area (Å²) in [6, 6.07) is 11.5. The molecule has 24 heavy (non-hydrogen) atoms. The van der Waals surface area contributed by atoms with E-state index in [2.05, 4.69) is 16.5 Å². The first-order valence-electron chi connectivity index (χ1n) is 7.59. The van der Waals surface area contributed by atoms with Gasteiger partial charge in [0, 0.05) is 13.2 Å². The van der Waals surface area contributed by atoms with Crippen molar-refractivity contribution < 1.29 is 9.53 Å². The maximum Gasteiger partial charge on any atom is 0.239 e. The fourth-order valence-corrected chi connectivity index (χ4v) is 2.24. The standard InChI is InChI=1S/C17H21N5O2/c1-13(12-24-3)21(2)11-16(23)20-17-14(9-18)10-19-22(17)15-7-5-4-6-8-15/h4-8,10,13H,11-12H2,1-3H3,(H,20,23)/t13-/m1/s1. The van der Waals surface area contributed by atoms with Crippen molar-refractivity contribution in [2.24, 2.45) is 0 Å². The van der Waals surface area contributed by atoms with E-state index in [0.29, 0.717) is 18.0 Å². The van der Waals surface area contributed by atoms with Crippen LogP contribution in [0.2, 0.25) is 0 Å². The lowest BCUT2D eigenvalue weighted by Crippen LogP contribution is -2.39. The average molecular weight is 327 g/mol. The summed E-state index contributed by atoms with van der Waals surface area (Å²) in [5.74, 6) is 0.163. The van der Waals surface area contributed by atoms with Crippen LogP contribution in [0.3, 0.4) is 0 Å². The van der Waals surface area contributed by atoms with E-state index >= 15 is 0 Å². The molecule has 0 saturated carbocycles. The molecule has 1 amide bonds. The molecule has 0 spiro atoms. The molecule has 126 valence electrons. The first-order chi connectivity index (χ1) is 11.6. The molecule has 0 bridgehead atoms. The SMILES string of the molecule is COC[C@@H](C)N(C)CC(=O)Nc1c(C#N)cnn1-c1ccccc1. The molecule has 0 fully saturated rings. The Balaban J connectivity index is 2.16. The summed E-state index contributed by atoms with van der Waals surface area (Å²) in [4.78, 5) is 14.2. The summed E-state index contributed by atoms with van der Waals surface area (Å²) in [7, 11) is 3.48. The van der Waals surface area contributed by atoms with E-state index in [0.717, 1.165) is 5.69 Å². The number of ether oxygens (including phenoxy) is 1. The van der Waals surface area contributed by atoms with Crippen molar-refractivity contribution in [3.05, 3.63) is 42.1 Å². The monoisotopic (exact) mass is 327 g/mol. The second-order valence-corrected chi connectivity index (χ2v) is 5.53. The molecule has 0 aliphatic carbocycles. The van der Waals surface area contributed by atoms with Gasteiger partial charge in [0.15, 0.2) is 5.82 Å². The molecular weight excluding hydrogens is 306 g/mol. The molecular formula is C17H21N5O2. The van der Waals surface area contributed by atoms with E-state index in [1.54, 1.807) is 11.8 Å². The maximum atomic E-state index is 12.3. The number of anilines is 1. The molecule has 0 aliphatic heterocycles. The molecule has 1 heterocycles. The Bertz CT molecular complexity index is 720. The fourth-order valence-electron chi connectivity index (χ4n) is 2.24. The van der Waals surface area contributed by atoms with E-state index in [9.17, 15) is 10.1 Å². The summed E-state index contributed by atoms with van der Waals surface area (Å²) in [5.41, 5.74) is 1.09. The van der Waals surface area contributed by atoms with Gasteiger partial charge in [-0.3, -0.25) is 9.69 Å². The van der Waals surface area contributed by atoms with Crippen LogP contribution in [0.25, 0.3) is 5.69 Å². The van der Waals surface area contributed by atoms with Gasteiger partial charge in [0.25, 0.3) is 0 Å². The number of methoxy groups -OCH3 is 1. The Morgan fingerprint density at radius 1 is 1.46 bits per heavy atom. The summed E-state index contributed by atoms with van der Waals surface area (Å²) in [6.07, 6.45) is 1.44. The highest BCUT2D eigenvalue weighted by molar-refractivity contribution is 5.92. The van der Waals surface area contributed by atoms with Crippen molar-refractivity contribution in [2.45, 2.75) is 13.0 Å². The number of likely N-dealkylation sites (N-methyl/N-ethyl adjacent to an activating group) is 1. The van der Waals surface area contributed by atoms with Gasteiger partial charge in [0.05, 0.1) is 25.0 Å². The number of carbonyl (C=O) groups is 1. The summed E-state index contributed by atoms with van der Waals surface area (Å²) in [6.45, 7) is 2.70. The Morgan fingerprint density at radius 2 is 2.17 bits per heavy atom. The molecule has 1 N–H and O–H groups in total. The van der Waals surface area contributed by atoms with Crippen LogP contribution in [-0.2, 0) is 9.53 Å². The maximum absolute atomic E-state index is 12.3. The first-order valence-corrected chi connectivity index (χ1v) is 7.59. The normalized spacial score (nSPS) is 12.0. The summed E-state index contributed by atoms with van der Waals surface area (Å²) in [5, 5.41) is 16.2. The minimum absolute atomic E-state index is 0.107. The summed E-state index contributed by atoms with van der Waals surface area (Å²) >= 11 is 0. The minimum Gasteiger partial charge on any atom is -0.383 e. The number of rotatable bonds is 7. The molecule has 1 atom stereocenters. The van der Waals surface area contributed by atoms with Gasteiger partial charge in [0.1, 0.15) is 11.6 Å². The first kappa shape index (κ1) is 17.7. The predicted octanol–water partition coefficient (Wildman–Crippen LogP) is 1.65. The second kappa shape index (κ2) is 8.24. The Morgan fingerprint density at radius 3 is 2.79 bits per heavy atom. The number of nitriles is 1. The molecule has 0 unspecified atom stereocenters. The van der Waals surface area contributed by atoms with Crippen LogP contribution in [0.4, 0.5) is 5.82 Å². The Kier molecular flexibility index (Phi) is 6.07. The summed E-state index contributed by atoms with van der Waals surface area (Å²) < 4.78 is 6.65. The molecule has 7 heteroatoms. The van der Waals surface area contributed by atoms with E-state index in [-0.39, 0.29) is 18.5 Å². The fraction of sp³-hybridized carbons (Fsp3) is 0.353. The van der Waals surface area contributed by atoms with Crippen LogP contribution >= 0.6 is 0 Å². The zero-order valence-corrected chi connectivity index (χ0v) is 14.1. The quantitative estimate of drug-likeness (QED) is 0.836. The van der Waals surface area contributed by atoms with Gasteiger partial charge in [0.2, 0.25) is 5.91 Å². The molecule has 1 aromatic heterocycles. The third kappa shape index (κ3) is 4.19. The number of aromatic nitrogens is 2. The zero-order valence-electron chi connectivity index (χ0n) is 14.1. The number of hydrogen-bond acceptors (Lipinski definition) is 5. The highest BCUT2D eigenvalue weighted by Gasteiger charge is 2.17. The number of para-hydroxylation sites is 1. The number of benzene rings is 1. The van der Waals surface area contributed by atoms with Gasteiger partial charge in [-0.05, 0) is 26.1 Å². The second-order valence-electron chi connectivity index (χ2n) is 5.53. The number of nitrogens with zero attached hydrogens (tertiary/aromatic N) is 4. The van der Waals surface area contributed by atoms with Crippen LogP contribution in [0, 0.1) is 11.3 Å². The topological polar surface area (TPSA) is 83.2 Å². The molecule has 0 aliphatic rings. The van der Waals surface area contributed by atoms with Crippen molar-refractivity contribution in [3.8, 4) is 11.8 Å².